The van der Waals surface area contributed by atoms with Crippen LogP contribution in [0.25, 0.3) is 17.4 Å². The number of rotatable bonds is 5. The molecule has 21 heavy (non-hydrogen) atoms. The first kappa shape index (κ1) is 13.3. The summed E-state index contributed by atoms with van der Waals surface area (Å²) in [5, 5.41) is 16.4. The van der Waals surface area contributed by atoms with Crippen LogP contribution in [-0.4, -0.2) is 37.5 Å². The molecule has 7 nitrogen and oxygen atoms in total. The van der Waals surface area contributed by atoms with Gasteiger partial charge in [-0.3, -0.25) is 0 Å². The molecule has 7 heteroatoms. The van der Waals surface area contributed by atoms with Crippen LogP contribution in [0.4, 0.5) is 5.82 Å². The summed E-state index contributed by atoms with van der Waals surface area (Å²) in [6.07, 6.45) is 5.05. The summed E-state index contributed by atoms with van der Waals surface area (Å²) >= 11 is 0. The molecule has 1 atom stereocenters. The summed E-state index contributed by atoms with van der Waals surface area (Å²) < 4.78 is 6.99. The lowest BCUT2D eigenvalue weighted by atomic mass is 10.3. The van der Waals surface area contributed by atoms with Crippen molar-refractivity contribution in [2.75, 3.05) is 11.9 Å². The molecule has 0 aliphatic heterocycles. The molecule has 1 unspecified atom stereocenters. The molecule has 0 spiro atoms. The lowest BCUT2D eigenvalue weighted by molar-refractivity contribution is 0.281. The van der Waals surface area contributed by atoms with Crippen LogP contribution in [0.15, 0.2) is 47.3 Å². The molecule has 0 saturated heterocycles. The fraction of sp³-hybridized carbons (Fsp3) is 0.214. The van der Waals surface area contributed by atoms with E-state index in [2.05, 4.69) is 20.4 Å². The van der Waals surface area contributed by atoms with Crippen molar-refractivity contribution in [1.82, 2.24) is 19.7 Å². The predicted molar refractivity (Wildman–Crippen MR) is 77.0 cm³/mol. The van der Waals surface area contributed by atoms with E-state index in [-0.39, 0.29) is 12.6 Å². The topological polar surface area (TPSA) is 89.0 Å². The summed E-state index contributed by atoms with van der Waals surface area (Å²) in [5.74, 6) is 2.25. The lowest BCUT2D eigenvalue weighted by Gasteiger charge is -2.13. The van der Waals surface area contributed by atoms with Crippen molar-refractivity contribution in [3.63, 3.8) is 0 Å². The molecule has 0 aromatic carbocycles. The zero-order valence-electron chi connectivity index (χ0n) is 11.5. The minimum atomic E-state index is -0.116. The molecule has 3 rings (SSSR count). The van der Waals surface area contributed by atoms with Crippen LogP contribution in [0.2, 0.25) is 0 Å². The highest BCUT2D eigenvalue weighted by molar-refractivity contribution is 5.54. The SMILES string of the molecule is CC(CO)Nc1cc(-n2cccn2)nc(-c2ccco2)n1. The van der Waals surface area contributed by atoms with Crippen LogP contribution < -0.4 is 5.32 Å². The first-order valence-corrected chi connectivity index (χ1v) is 6.56. The van der Waals surface area contributed by atoms with E-state index in [1.54, 1.807) is 41.5 Å². The van der Waals surface area contributed by atoms with Gasteiger partial charge in [0.15, 0.2) is 17.4 Å². The van der Waals surface area contributed by atoms with Gasteiger partial charge in [-0.25, -0.2) is 14.6 Å². The average molecular weight is 285 g/mol. The van der Waals surface area contributed by atoms with Crippen molar-refractivity contribution in [2.45, 2.75) is 13.0 Å². The molecule has 0 fully saturated rings. The average Bonchev–Trinajstić information content (AvgIpc) is 3.20. The van der Waals surface area contributed by atoms with Gasteiger partial charge in [-0.1, -0.05) is 0 Å². The van der Waals surface area contributed by atoms with E-state index < -0.39 is 0 Å². The van der Waals surface area contributed by atoms with Crippen LogP contribution in [0, 0.1) is 0 Å². The van der Waals surface area contributed by atoms with E-state index in [1.807, 2.05) is 13.0 Å². The molecule has 0 aliphatic rings. The Bertz CT molecular complexity index is 642. The molecule has 0 saturated carbocycles. The second kappa shape index (κ2) is 5.76. The van der Waals surface area contributed by atoms with Gasteiger partial charge in [-0.05, 0) is 25.1 Å². The quantitative estimate of drug-likeness (QED) is 0.742. The highest BCUT2D eigenvalue weighted by Crippen LogP contribution is 2.20. The monoisotopic (exact) mass is 285 g/mol. The van der Waals surface area contributed by atoms with E-state index in [9.17, 15) is 0 Å². The maximum absolute atomic E-state index is 9.16. The highest BCUT2D eigenvalue weighted by atomic mass is 16.3. The lowest BCUT2D eigenvalue weighted by Crippen LogP contribution is -2.20. The first-order chi connectivity index (χ1) is 10.3. The number of nitrogens with one attached hydrogen (secondary N) is 1. The van der Waals surface area contributed by atoms with E-state index in [4.69, 9.17) is 9.52 Å². The molecule has 0 amide bonds. The van der Waals surface area contributed by atoms with Gasteiger partial charge in [0, 0.05) is 24.5 Å². The normalized spacial score (nSPS) is 12.3. The molecular formula is C14H15N5O2. The van der Waals surface area contributed by atoms with Crippen LogP contribution in [0.1, 0.15) is 6.92 Å². The molecule has 3 heterocycles. The van der Waals surface area contributed by atoms with Gasteiger partial charge in [-0.15, -0.1) is 0 Å². The fourth-order valence-electron chi connectivity index (χ4n) is 1.84. The zero-order chi connectivity index (χ0) is 14.7. The van der Waals surface area contributed by atoms with Crippen molar-refractivity contribution in [1.29, 1.82) is 0 Å². The van der Waals surface area contributed by atoms with Gasteiger partial charge in [-0.2, -0.15) is 5.10 Å². The molecule has 0 bridgehead atoms. The number of furan rings is 1. The smallest absolute Gasteiger partial charge is 0.199 e. The molecule has 3 aromatic heterocycles. The minimum absolute atomic E-state index is 0.0111. The Hall–Kier alpha value is -2.67. The van der Waals surface area contributed by atoms with Gasteiger partial charge in [0.1, 0.15) is 5.82 Å². The van der Waals surface area contributed by atoms with Crippen molar-refractivity contribution < 1.29 is 9.52 Å². The summed E-state index contributed by atoms with van der Waals surface area (Å²) in [7, 11) is 0. The Morgan fingerprint density at radius 1 is 1.38 bits per heavy atom. The van der Waals surface area contributed by atoms with Crippen molar-refractivity contribution in [3.8, 4) is 17.4 Å². The summed E-state index contributed by atoms with van der Waals surface area (Å²) in [5.41, 5.74) is 0. The number of aliphatic hydroxyl groups is 1. The Kier molecular flexibility index (Phi) is 3.65. The highest BCUT2D eigenvalue weighted by Gasteiger charge is 2.11. The molecular weight excluding hydrogens is 270 g/mol. The Morgan fingerprint density at radius 2 is 2.29 bits per heavy atom. The number of aromatic nitrogens is 4. The molecule has 108 valence electrons. The van der Waals surface area contributed by atoms with Crippen LogP contribution in [0.5, 0.6) is 0 Å². The van der Waals surface area contributed by atoms with Gasteiger partial charge in [0.05, 0.1) is 12.9 Å². The van der Waals surface area contributed by atoms with Gasteiger partial charge in [0.2, 0.25) is 0 Å². The van der Waals surface area contributed by atoms with Gasteiger partial charge < -0.3 is 14.8 Å². The van der Waals surface area contributed by atoms with Crippen LogP contribution in [-0.2, 0) is 0 Å². The maximum atomic E-state index is 9.16. The second-order valence-electron chi connectivity index (χ2n) is 4.59. The standard InChI is InChI=1S/C14H15N5O2/c1-10(9-20)16-12-8-13(19-6-3-5-15-19)18-14(17-12)11-4-2-7-21-11/h2-8,10,20H,9H2,1H3,(H,16,17,18). The van der Waals surface area contributed by atoms with Crippen molar-refractivity contribution in [2.24, 2.45) is 0 Å². The van der Waals surface area contributed by atoms with Gasteiger partial charge >= 0.3 is 0 Å². The summed E-state index contributed by atoms with van der Waals surface area (Å²) in [4.78, 5) is 8.85. The summed E-state index contributed by atoms with van der Waals surface area (Å²) in [6.45, 7) is 1.87. The van der Waals surface area contributed by atoms with Gasteiger partial charge in [0.25, 0.3) is 0 Å². The molecule has 3 aromatic rings. The number of hydrogen-bond donors (Lipinski definition) is 2. The Balaban J connectivity index is 2.04. The third-order valence-electron chi connectivity index (χ3n) is 2.86. The number of nitrogens with zero attached hydrogens (tertiary/aromatic N) is 4. The minimum Gasteiger partial charge on any atom is -0.461 e. The van der Waals surface area contributed by atoms with Crippen LogP contribution in [0.3, 0.4) is 0 Å². The van der Waals surface area contributed by atoms with E-state index >= 15 is 0 Å². The predicted octanol–water partition coefficient (Wildman–Crippen LogP) is 1.71. The maximum Gasteiger partial charge on any atom is 0.199 e. The molecule has 2 N–H and O–H groups in total. The Morgan fingerprint density at radius 3 is 2.95 bits per heavy atom. The third kappa shape index (κ3) is 2.92. The number of hydrogen-bond acceptors (Lipinski definition) is 6. The van der Waals surface area contributed by atoms with Crippen molar-refractivity contribution in [3.05, 3.63) is 42.9 Å². The number of aliphatic hydroxyl groups excluding tert-OH is 1. The van der Waals surface area contributed by atoms with E-state index in [0.29, 0.717) is 23.2 Å². The first-order valence-electron chi connectivity index (χ1n) is 6.56. The van der Waals surface area contributed by atoms with E-state index in [1.165, 1.54) is 0 Å². The van der Waals surface area contributed by atoms with Crippen LogP contribution >= 0.6 is 0 Å². The fourth-order valence-corrected chi connectivity index (χ4v) is 1.84. The second-order valence-corrected chi connectivity index (χ2v) is 4.59. The number of anilines is 1. The molecule has 0 aliphatic carbocycles. The largest absolute Gasteiger partial charge is 0.461 e. The third-order valence-corrected chi connectivity index (χ3v) is 2.86. The van der Waals surface area contributed by atoms with Crippen molar-refractivity contribution >= 4 is 5.82 Å². The zero-order valence-corrected chi connectivity index (χ0v) is 11.5. The molecule has 0 radical (unpaired) electrons. The van der Waals surface area contributed by atoms with E-state index in [0.717, 1.165) is 0 Å². The Labute approximate surface area is 121 Å². The summed E-state index contributed by atoms with van der Waals surface area (Å²) in [6, 6.07) is 7.04.